The van der Waals surface area contributed by atoms with Gasteiger partial charge in [-0.3, -0.25) is 14.1 Å². The van der Waals surface area contributed by atoms with Crippen molar-refractivity contribution in [2.24, 2.45) is 65.1 Å². The second-order valence-electron chi connectivity index (χ2n) is 16.0. The van der Waals surface area contributed by atoms with Gasteiger partial charge in [-0.25, -0.2) is 4.79 Å². The summed E-state index contributed by atoms with van der Waals surface area (Å²) in [7, 11) is -5.98. The molecular weight excluding hydrogens is 610 g/mol. The number of allylic oxidation sites excluding steroid dienone is 2. The van der Waals surface area contributed by atoms with Gasteiger partial charge in [0.2, 0.25) is 0 Å². The summed E-state index contributed by atoms with van der Waals surface area (Å²) in [5, 5.41) is -5.06. The molecule has 6 atom stereocenters. The highest BCUT2D eigenvalue weighted by atomic mass is 32.2. The molecule has 10 aliphatic rings. The van der Waals surface area contributed by atoms with Crippen molar-refractivity contribution in [3.63, 3.8) is 0 Å². The summed E-state index contributed by atoms with van der Waals surface area (Å²) in [5.41, 5.74) is -1.75. The maximum Gasteiger partial charge on any atom is 0.465 e. The van der Waals surface area contributed by atoms with Gasteiger partial charge in [0.05, 0.1) is 11.8 Å². The molecule has 0 saturated heterocycles. The molecule has 0 spiro atoms. The van der Waals surface area contributed by atoms with Crippen molar-refractivity contribution in [2.45, 2.75) is 107 Å². The molecule has 10 aliphatic carbocycles. The molecule has 0 aliphatic heterocycles. The molecule has 9 saturated carbocycles. The molecule has 10 bridgehead atoms. The molecule has 9 fully saturated rings. The summed E-state index contributed by atoms with van der Waals surface area (Å²) in [4.78, 5) is 40.3. The number of carbonyl (C=O) groups is 3. The van der Waals surface area contributed by atoms with Crippen molar-refractivity contribution >= 4 is 28.0 Å². The van der Waals surface area contributed by atoms with E-state index in [2.05, 4.69) is 6.92 Å². The number of ether oxygens (including phenoxy) is 3. The number of alkyl halides is 2. The van der Waals surface area contributed by atoms with Crippen LogP contribution < -0.4 is 0 Å². The molecule has 45 heavy (non-hydrogen) atoms. The molecule has 10 rings (SSSR count). The fourth-order valence-electron chi connectivity index (χ4n) is 12.3. The van der Waals surface area contributed by atoms with E-state index < -0.39 is 56.5 Å². The summed E-state index contributed by atoms with van der Waals surface area (Å²) >= 11 is 0. The molecule has 0 aromatic carbocycles. The van der Waals surface area contributed by atoms with Crippen molar-refractivity contribution in [1.29, 1.82) is 0 Å². The van der Waals surface area contributed by atoms with E-state index in [0.29, 0.717) is 37.5 Å². The molecule has 0 amide bonds. The third-order valence-electron chi connectivity index (χ3n) is 13.6. The Hall–Kier alpha value is -2.08. The lowest BCUT2D eigenvalue weighted by Gasteiger charge is -2.60. The standard InChI is InChI=1S/C33H42F2O9S/c1-2-32(23-8-16-5-17(10-23)11-24(32)9-16)43-29(37)26-20-4-3-19(12-20)25(26)28(36)42-27-21-6-18-7-22(27)15-31(13-18,14-21)44-30(38)33(34,35)45(39,40)41/h3-4,16-27H,2,5-15H2,1H3,(H,39,40,41). The van der Waals surface area contributed by atoms with E-state index in [1.165, 1.54) is 6.42 Å². The predicted molar refractivity (Wildman–Crippen MR) is 153 cm³/mol. The number of carbonyl (C=O) groups excluding carboxylic acids is 3. The molecule has 0 aromatic rings. The number of halogens is 2. The van der Waals surface area contributed by atoms with Crippen LogP contribution in [0.2, 0.25) is 0 Å². The van der Waals surface area contributed by atoms with Crippen LogP contribution >= 0.6 is 0 Å². The van der Waals surface area contributed by atoms with Crippen LogP contribution in [0.3, 0.4) is 0 Å². The van der Waals surface area contributed by atoms with Crippen molar-refractivity contribution < 1.29 is 50.3 Å². The fourth-order valence-corrected chi connectivity index (χ4v) is 12.6. The van der Waals surface area contributed by atoms with Crippen LogP contribution in [0.15, 0.2) is 12.2 Å². The fraction of sp³-hybridized carbons (Fsp3) is 0.848. The van der Waals surface area contributed by atoms with Gasteiger partial charge < -0.3 is 14.2 Å². The lowest BCUT2D eigenvalue weighted by Crippen LogP contribution is -2.61. The zero-order valence-electron chi connectivity index (χ0n) is 25.4. The van der Waals surface area contributed by atoms with E-state index in [-0.39, 0.29) is 48.4 Å². The van der Waals surface area contributed by atoms with E-state index in [9.17, 15) is 31.6 Å². The quantitative estimate of drug-likeness (QED) is 0.165. The molecular formula is C33H42F2O9S. The zero-order valence-corrected chi connectivity index (χ0v) is 26.3. The molecule has 9 nitrogen and oxygen atoms in total. The first-order valence-corrected chi connectivity index (χ1v) is 18.4. The van der Waals surface area contributed by atoms with Gasteiger partial charge in [-0.15, -0.1) is 0 Å². The van der Waals surface area contributed by atoms with Gasteiger partial charge in [-0.05, 0) is 118 Å². The van der Waals surface area contributed by atoms with Crippen LogP contribution in [0, 0.1) is 65.1 Å². The van der Waals surface area contributed by atoms with Crippen molar-refractivity contribution in [1.82, 2.24) is 0 Å². The number of hydrogen-bond acceptors (Lipinski definition) is 8. The second-order valence-corrected chi connectivity index (χ2v) is 17.4. The lowest BCUT2D eigenvalue weighted by molar-refractivity contribution is -0.226. The van der Waals surface area contributed by atoms with E-state index >= 15 is 0 Å². The minimum Gasteiger partial charge on any atom is -0.462 e. The smallest absolute Gasteiger partial charge is 0.462 e. The molecule has 0 aromatic heterocycles. The third kappa shape index (κ3) is 4.49. The summed E-state index contributed by atoms with van der Waals surface area (Å²) in [6, 6.07) is 0. The van der Waals surface area contributed by atoms with Gasteiger partial charge in [0.15, 0.2) is 0 Å². The van der Waals surface area contributed by atoms with Gasteiger partial charge >= 0.3 is 33.3 Å². The Kier molecular flexibility index (Phi) is 6.70. The Balaban J connectivity index is 0.974. The highest BCUT2D eigenvalue weighted by molar-refractivity contribution is 7.87. The predicted octanol–water partition coefficient (Wildman–Crippen LogP) is 5.09. The summed E-state index contributed by atoms with van der Waals surface area (Å²) in [5.74, 6) is -2.60. The first-order valence-electron chi connectivity index (χ1n) is 16.9. The van der Waals surface area contributed by atoms with Crippen LogP contribution in [-0.2, 0) is 38.7 Å². The van der Waals surface area contributed by atoms with Gasteiger partial charge in [0.1, 0.15) is 17.3 Å². The highest BCUT2D eigenvalue weighted by Gasteiger charge is 2.64. The third-order valence-corrected chi connectivity index (χ3v) is 14.4. The average Bonchev–Trinajstić information content (AvgIpc) is 3.58. The van der Waals surface area contributed by atoms with Gasteiger partial charge in [0, 0.05) is 11.8 Å². The number of hydrogen-bond donors (Lipinski definition) is 1. The first-order chi connectivity index (χ1) is 21.2. The van der Waals surface area contributed by atoms with Crippen LogP contribution in [0.4, 0.5) is 8.78 Å². The van der Waals surface area contributed by atoms with Crippen LogP contribution in [0.25, 0.3) is 0 Å². The summed E-state index contributed by atoms with van der Waals surface area (Å²) in [6.45, 7) is 2.13. The second kappa shape index (κ2) is 9.97. The minimum atomic E-state index is -5.98. The Morgan fingerprint density at radius 1 is 0.800 bits per heavy atom. The van der Waals surface area contributed by atoms with Crippen LogP contribution in [0.1, 0.15) is 84.0 Å². The molecule has 6 unspecified atom stereocenters. The lowest BCUT2D eigenvalue weighted by atomic mass is 9.49. The van der Waals surface area contributed by atoms with E-state index in [1.807, 2.05) is 12.2 Å². The zero-order chi connectivity index (χ0) is 31.7. The number of esters is 3. The minimum absolute atomic E-state index is 0.0592. The molecule has 0 radical (unpaired) electrons. The maximum absolute atomic E-state index is 14.1. The van der Waals surface area contributed by atoms with Crippen molar-refractivity contribution in [3.8, 4) is 0 Å². The first kappa shape index (κ1) is 30.3. The summed E-state index contributed by atoms with van der Waals surface area (Å²) < 4.78 is 77.3. The van der Waals surface area contributed by atoms with Gasteiger partial charge in [-0.1, -0.05) is 19.1 Å². The Morgan fingerprint density at radius 3 is 1.89 bits per heavy atom. The van der Waals surface area contributed by atoms with Gasteiger partial charge in [-0.2, -0.15) is 17.2 Å². The van der Waals surface area contributed by atoms with E-state index in [1.54, 1.807) is 0 Å². The topological polar surface area (TPSA) is 133 Å². The van der Waals surface area contributed by atoms with Crippen molar-refractivity contribution in [3.05, 3.63) is 12.2 Å². The average molecular weight is 653 g/mol. The van der Waals surface area contributed by atoms with E-state index in [0.717, 1.165) is 43.9 Å². The molecule has 0 heterocycles. The highest BCUT2D eigenvalue weighted by Crippen LogP contribution is 2.62. The van der Waals surface area contributed by atoms with Gasteiger partial charge in [0.25, 0.3) is 0 Å². The van der Waals surface area contributed by atoms with Crippen molar-refractivity contribution in [2.75, 3.05) is 0 Å². The Bertz CT molecular complexity index is 1400. The summed E-state index contributed by atoms with van der Waals surface area (Å²) in [6.07, 6.45) is 12.8. The number of fused-ring (bicyclic) bond motifs is 2. The maximum atomic E-state index is 14.1. The monoisotopic (exact) mass is 652 g/mol. The van der Waals surface area contributed by atoms with E-state index in [4.69, 9.17) is 18.8 Å². The SMILES string of the molecule is CCC1(OC(=O)C2C3C=CC(C3)C2C(=O)OC2C3CC4CC2CC(OC(=O)C(F)(F)S(=O)(=O)O)(C4)C3)C2CC3CC(C2)CC1C3. The van der Waals surface area contributed by atoms with Crippen LogP contribution in [-0.4, -0.2) is 53.4 Å². The number of rotatable bonds is 8. The molecule has 12 heteroatoms. The molecule has 1 N–H and O–H groups in total. The Morgan fingerprint density at radius 2 is 1.36 bits per heavy atom. The Labute approximate surface area is 261 Å². The largest absolute Gasteiger partial charge is 0.465 e. The normalized spacial score (nSPS) is 48.5. The molecule has 248 valence electrons. The van der Waals surface area contributed by atoms with Crippen LogP contribution in [0.5, 0.6) is 0 Å².